The van der Waals surface area contributed by atoms with Crippen LogP contribution in [0.4, 0.5) is 18.0 Å². The first-order valence-electron chi connectivity index (χ1n) is 9.23. The van der Waals surface area contributed by atoms with Gasteiger partial charge in [-0.2, -0.15) is 0 Å². The predicted octanol–water partition coefficient (Wildman–Crippen LogP) is 3.73. The number of amides is 1. The molecule has 0 aromatic heterocycles. The van der Waals surface area contributed by atoms with Gasteiger partial charge in [0.15, 0.2) is 0 Å². The molecule has 0 heterocycles. The Morgan fingerprint density at radius 2 is 1.77 bits per heavy atom. The summed E-state index contributed by atoms with van der Waals surface area (Å²) in [5.41, 5.74) is -0.655. The lowest BCUT2D eigenvalue weighted by Crippen LogP contribution is -2.48. The molecule has 0 bridgehead atoms. The monoisotopic (exact) mass is 443 g/mol. The van der Waals surface area contributed by atoms with Gasteiger partial charge in [-0.25, -0.2) is 18.0 Å². The van der Waals surface area contributed by atoms with Crippen LogP contribution in [0.3, 0.4) is 0 Å². The Kier molecular flexibility index (Phi) is 8.43. The summed E-state index contributed by atoms with van der Waals surface area (Å²) >= 11 is 0. The Morgan fingerprint density at radius 3 is 2.40 bits per heavy atom. The Balaban J connectivity index is 2.12. The van der Waals surface area contributed by atoms with Crippen LogP contribution >= 0.6 is 0 Å². The normalized spacial score (nSPS) is 14.6. The number of hydrogen-bond acceptors (Lipinski definition) is 4. The molecule has 0 spiro atoms. The van der Waals surface area contributed by atoms with Crippen LogP contribution in [-0.2, 0) is 27.7 Å². The molecule has 2 aromatic carbocycles. The van der Waals surface area contributed by atoms with E-state index >= 15 is 0 Å². The molecule has 0 saturated heterocycles. The molecule has 5 nitrogen and oxygen atoms in total. The summed E-state index contributed by atoms with van der Waals surface area (Å²) in [4.78, 5) is 12.4. The molecule has 0 saturated carbocycles. The number of aliphatic hydroxyl groups is 1. The fraction of sp³-hybridized carbons (Fsp3) is 0.381. The molecular weight excluding hydrogens is 419 g/mol. The van der Waals surface area contributed by atoms with Gasteiger partial charge in [0.05, 0.1) is 11.3 Å². The van der Waals surface area contributed by atoms with Crippen LogP contribution in [0.1, 0.15) is 24.5 Å². The van der Waals surface area contributed by atoms with Gasteiger partial charge in [-0.1, -0.05) is 48.5 Å². The summed E-state index contributed by atoms with van der Waals surface area (Å²) in [6, 6.07) is 14.5. The van der Waals surface area contributed by atoms with E-state index in [1.165, 1.54) is 25.1 Å². The summed E-state index contributed by atoms with van der Waals surface area (Å²) in [5, 5.41) is 11.2. The number of carbonyl (C=O) groups excluding carboxylic acids is 1. The van der Waals surface area contributed by atoms with Crippen molar-refractivity contribution < 1.29 is 32.0 Å². The third-order valence-electron chi connectivity index (χ3n) is 4.44. The van der Waals surface area contributed by atoms with E-state index in [1.54, 1.807) is 30.3 Å². The van der Waals surface area contributed by atoms with Gasteiger partial charge < -0.3 is 15.2 Å². The zero-order chi connectivity index (χ0) is 22.2. The van der Waals surface area contributed by atoms with Gasteiger partial charge in [-0.05, 0) is 18.6 Å². The molecule has 0 fully saturated rings. The Bertz CT molecular complexity index is 866. The highest BCUT2D eigenvalue weighted by Crippen LogP contribution is 2.26. The molecule has 1 amide bonds. The standard InChI is InChI=1S/C21H24F3NO4S/c1-20(17-9-5-6-10-18(17)22,15-30(28)12-11-21(23,24)14-26)25-19(27)29-13-16-7-3-2-4-8-16/h2-10,26H,11-15H2,1H3,(H,25,27)/t20-,30?/m0/s1. The van der Waals surface area contributed by atoms with Crippen molar-refractivity contribution in [1.82, 2.24) is 5.32 Å². The van der Waals surface area contributed by atoms with Gasteiger partial charge in [0.2, 0.25) is 0 Å². The quantitative estimate of drug-likeness (QED) is 0.587. The van der Waals surface area contributed by atoms with Crippen LogP contribution in [0.5, 0.6) is 0 Å². The van der Waals surface area contributed by atoms with Gasteiger partial charge in [-0.15, -0.1) is 0 Å². The fourth-order valence-electron chi connectivity index (χ4n) is 2.81. The lowest BCUT2D eigenvalue weighted by atomic mass is 9.93. The van der Waals surface area contributed by atoms with Crippen molar-refractivity contribution in [2.24, 2.45) is 0 Å². The minimum atomic E-state index is -3.36. The number of nitrogens with one attached hydrogen (secondary N) is 1. The van der Waals surface area contributed by atoms with E-state index in [1.807, 2.05) is 6.07 Å². The molecule has 2 aromatic rings. The smallest absolute Gasteiger partial charge is 0.408 e. The first kappa shape index (κ1) is 23.9. The molecular formula is C21H24F3NO4S. The second-order valence-corrected chi connectivity index (χ2v) is 8.63. The fourth-order valence-corrected chi connectivity index (χ4v) is 4.35. The molecule has 164 valence electrons. The summed E-state index contributed by atoms with van der Waals surface area (Å²) in [5.74, 6) is -4.72. The maximum Gasteiger partial charge on any atom is 0.408 e. The van der Waals surface area contributed by atoms with Crippen molar-refractivity contribution in [1.29, 1.82) is 0 Å². The summed E-state index contributed by atoms with van der Waals surface area (Å²) in [6.45, 7) is 0.0853. The molecule has 2 N–H and O–H groups in total. The number of aliphatic hydroxyl groups excluding tert-OH is 1. The molecule has 0 aliphatic rings. The third-order valence-corrected chi connectivity index (χ3v) is 5.99. The van der Waals surface area contributed by atoms with Gasteiger partial charge >= 0.3 is 6.09 Å². The largest absolute Gasteiger partial charge is 0.445 e. The molecule has 0 aliphatic heterocycles. The van der Waals surface area contributed by atoms with E-state index in [2.05, 4.69) is 5.32 Å². The van der Waals surface area contributed by atoms with E-state index in [0.29, 0.717) is 0 Å². The van der Waals surface area contributed by atoms with E-state index in [0.717, 1.165) is 5.56 Å². The maximum absolute atomic E-state index is 14.4. The van der Waals surface area contributed by atoms with E-state index < -0.39 is 53.0 Å². The molecule has 30 heavy (non-hydrogen) atoms. The average molecular weight is 443 g/mol. The highest BCUT2D eigenvalue weighted by Gasteiger charge is 2.35. The van der Waals surface area contributed by atoms with Crippen LogP contribution in [0, 0.1) is 5.82 Å². The second-order valence-electron chi connectivity index (χ2n) is 7.05. The molecule has 2 atom stereocenters. The molecule has 2 rings (SSSR count). The zero-order valence-electron chi connectivity index (χ0n) is 16.4. The second kappa shape index (κ2) is 10.6. The van der Waals surface area contributed by atoms with Crippen LogP contribution in [0.25, 0.3) is 0 Å². The first-order valence-corrected chi connectivity index (χ1v) is 10.7. The Hall–Kier alpha value is -2.39. The lowest BCUT2D eigenvalue weighted by molar-refractivity contribution is -0.0514. The number of hydrogen-bond donors (Lipinski definition) is 2. The number of alkyl halides is 2. The van der Waals surface area contributed by atoms with E-state index in [4.69, 9.17) is 9.84 Å². The highest BCUT2D eigenvalue weighted by molar-refractivity contribution is 7.85. The van der Waals surface area contributed by atoms with Crippen molar-refractivity contribution in [3.05, 3.63) is 71.5 Å². The van der Waals surface area contributed by atoms with Crippen molar-refractivity contribution in [3.8, 4) is 0 Å². The molecule has 0 radical (unpaired) electrons. The maximum atomic E-state index is 14.4. The summed E-state index contributed by atoms with van der Waals surface area (Å²) in [6.07, 6.45) is -1.65. The first-order chi connectivity index (χ1) is 14.1. The third kappa shape index (κ3) is 7.14. The number of rotatable bonds is 10. The summed E-state index contributed by atoms with van der Waals surface area (Å²) in [7, 11) is -1.83. The number of alkyl carbamates (subject to hydrolysis) is 1. The summed E-state index contributed by atoms with van der Waals surface area (Å²) < 4.78 is 58.6. The number of benzene rings is 2. The van der Waals surface area contributed by atoms with Crippen molar-refractivity contribution in [3.63, 3.8) is 0 Å². The minimum Gasteiger partial charge on any atom is -0.445 e. The number of halogens is 3. The Morgan fingerprint density at radius 1 is 1.13 bits per heavy atom. The molecule has 9 heteroatoms. The van der Waals surface area contributed by atoms with Crippen molar-refractivity contribution in [2.45, 2.75) is 31.4 Å². The highest BCUT2D eigenvalue weighted by atomic mass is 32.2. The average Bonchev–Trinajstić information content (AvgIpc) is 2.72. The minimum absolute atomic E-state index is 0.0220. The zero-order valence-corrected chi connectivity index (χ0v) is 17.3. The van der Waals surface area contributed by atoms with Gasteiger partial charge in [-0.3, -0.25) is 4.21 Å². The van der Waals surface area contributed by atoms with Crippen LogP contribution < -0.4 is 5.32 Å². The van der Waals surface area contributed by atoms with Crippen LogP contribution in [0.2, 0.25) is 0 Å². The van der Waals surface area contributed by atoms with E-state index in [9.17, 15) is 22.2 Å². The van der Waals surface area contributed by atoms with Crippen LogP contribution in [0.15, 0.2) is 54.6 Å². The van der Waals surface area contributed by atoms with Gasteiger partial charge in [0.25, 0.3) is 5.92 Å². The van der Waals surface area contributed by atoms with Crippen molar-refractivity contribution in [2.75, 3.05) is 18.1 Å². The molecule has 1 unspecified atom stereocenters. The van der Waals surface area contributed by atoms with Gasteiger partial charge in [0, 0.05) is 28.5 Å². The predicted molar refractivity (Wildman–Crippen MR) is 108 cm³/mol. The topological polar surface area (TPSA) is 75.6 Å². The Labute approximate surface area is 175 Å². The van der Waals surface area contributed by atoms with Crippen molar-refractivity contribution >= 4 is 16.9 Å². The van der Waals surface area contributed by atoms with Gasteiger partial charge in [0.1, 0.15) is 19.0 Å². The molecule has 0 aliphatic carbocycles. The van der Waals surface area contributed by atoms with Crippen LogP contribution in [-0.4, -0.2) is 39.4 Å². The number of carbonyl (C=O) groups is 1. The SMILES string of the molecule is C[C@@](CS(=O)CCC(F)(F)CO)(NC(=O)OCc1ccccc1)c1ccccc1F. The lowest BCUT2D eigenvalue weighted by Gasteiger charge is -2.31. The number of ether oxygens (including phenoxy) is 1. The van der Waals surface area contributed by atoms with E-state index in [-0.39, 0.29) is 17.9 Å².